The van der Waals surface area contributed by atoms with Crippen molar-refractivity contribution in [2.24, 2.45) is 0 Å². The van der Waals surface area contributed by atoms with E-state index in [9.17, 15) is 14.0 Å². The monoisotopic (exact) mass is 384 g/mol. The van der Waals surface area contributed by atoms with Gasteiger partial charge in [0.1, 0.15) is 6.54 Å². The number of aromatic nitrogens is 1. The van der Waals surface area contributed by atoms with E-state index in [0.29, 0.717) is 16.5 Å². The molecule has 0 bridgehead atoms. The summed E-state index contributed by atoms with van der Waals surface area (Å²) in [5.41, 5.74) is 1.77. The van der Waals surface area contributed by atoms with Gasteiger partial charge in [0.05, 0.1) is 25.8 Å². The van der Waals surface area contributed by atoms with Gasteiger partial charge in [0, 0.05) is 17.1 Å². The summed E-state index contributed by atoms with van der Waals surface area (Å²) in [5.74, 6) is -1.06. The molecule has 7 heteroatoms. The Morgan fingerprint density at radius 3 is 2.61 bits per heavy atom. The van der Waals surface area contributed by atoms with Crippen molar-refractivity contribution in [1.82, 2.24) is 9.88 Å². The van der Waals surface area contributed by atoms with Crippen molar-refractivity contribution >= 4 is 22.8 Å². The van der Waals surface area contributed by atoms with Crippen molar-refractivity contribution in [3.8, 4) is 5.75 Å². The quantitative estimate of drug-likeness (QED) is 0.661. The molecule has 1 N–H and O–H groups in total. The number of halogens is 1. The first-order valence-corrected chi connectivity index (χ1v) is 8.73. The van der Waals surface area contributed by atoms with Gasteiger partial charge in [0.2, 0.25) is 5.91 Å². The van der Waals surface area contributed by atoms with E-state index in [-0.39, 0.29) is 18.2 Å². The summed E-state index contributed by atoms with van der Waals surface area (Å²) < 4.78 is 25.3. The number of nitrogens with one attached hydrogen (secondary N) is 1. The molecule has 0 aliphatic rings. The topological polar surface area (TPSA) is 69.6 Å². The second-order valence-electron chi connectivity index (χ2n) is 6.36. The number of amides is 1. The van der Waals surface area contributed by atoms with Crippen LogP contribution in [0.3, 0.4) is 0 Å². The third-order valence-corrected chi connectivity index (χ3v) is 4.56. The van der Waals surface area contributed by atoms with Gasteiger partial charge in [-0.1, -0.05) is 24.3 Å². The van der Waals surface area contributed by atoms with E-state index in [1.165, 1.54) is 26.4 Å². The SMILES string of the molecule is COC(=O)c1cn(CC(=O)NC(C)c2ccc(OC)c(F)c2)c2ccccc12. The largest absolute Gasteiger partial charge is 0.494 e. The maximum absolute atomic E-state index is 13.9. The maximum Gasteiger partial charge on any atom is 0.340 e. The van der Waals surface area contributed by atoms with Gasteiger partial charge in [-0.05, 0) is 30.7 Å². The van der Waals surface area contributed by atoms with Crippen LogP contribution >= 0.6 is 0 Å². The lowest BCUT2D eigenvalue weighted by molar-refractivity contribution is -0.122. The lowest BCUT2D eigenvalue weighted by Crippen LogP contribution is -2.30. The number of carbonyl (C=O) groups is 2. The number of benzene rings is 2. The Bertz CT molecular complexity index is 1030. The standard InChI is InChI=1S/C21H21FN2O4/c1-13(14-8-9-19(27-2)17(22)10-14)23-20(25)12-24-11-16(21(26)28-3)15-6-4-5-7-18(15)24/h4-11,13H,12H2,1-3H3,(H,23,25). The molecule has 3 aromatic rings. The molecule has 0 saturated heterocycles. The normalized spacial score (nSPS) is 11.9. The highest BCUT2D eigenvalue weighted by Gasteiger charge is 2.18. The molecule has 28 heavy (non-hydrogen) atoms. The van der Waals surface area contributed by atoms with Crippen LogP contribution in [0, 0.1) is 5.82 Å². The zero-order valence-electron chi connectivity index (χ0n) is 15.9. The molecule has 0 aliphatic heterocycles. The summed E-state index contributed by atoms with van der Waals surface area (Å²) in [7, 11) is 2.71. The fourth-order valence-electron chi connectivity index (χ4n) is 3.13. The Morgan fingerprint density at radius 2 is 1.93 bits per heavy atom. The summed E-state index contributed by atoms with van der Waals surface area (Å²) in [4.78, 5) is 24.5. The van der Waals surface area contributed by atoms with Gasteiger partial charge in [0.15, 0.2) is 11.6 Å². The number of hydrogen-bond donors (Lipinski definition) is 1. The molecule has 0 fully saturated rings. The molecule has 1 unspecified atom stereocenters. The van der Waals surface area contributed by atoms with Crippen LogP contribution in [0.1, 0.15) is 28.9 Å². The molecule has 1 amide bonds. The molecule has 0 aliphatic carbocycles. The smallest absolute Gasteiger partial charge is 0.340 e. The van der Waals surface area contributed by atoms with E-state index < -0.39 is 17.8 Å². The third-order valence-electron chi connectivity index (χ3n) is 4.56. The number of hydrogen-bond acceptors (Lipinski definition) is 4. The molecule has 0 radical (unpaired) electrons. The number of rotatable bonds is 6. The van der Waals surface area contributed by atoms with Crippen molar-refractivity contribution < 1.29 is 23.5 Å². The Hall–Kier alpha value is -3.35. The van der Waals surface area contributed by atoms with E-state index >= 15 is 0 Å². The van der Waals surface area contributed by atoms with Crippen molar-refractivity contribution in [2.75, 3.05) is 14.2 Å². The van der Waals surface area contributed by atoms with Crippen molar-refractivity contribution in [2.45, 2.75) is 19.5 Å². The summed E-state index contributed by atoms with van der Waals surface area (Å²) >= 11 is 0. The Labute approximate surface area is 161 Å². The number of esters is 1. The predicted molar refractivity (Wildman–Crippen MR) is 103 cm³/mol. The van der Waals surface area contributed by atoms with Gasteiger partial charge in [0.25, 0.3) is 0 Å². The zero-order valence-corrected chi connectivity index (χ0v) is 15.9. The van der Waals surface area contributed by atoms with E-state index in [0.717, 1.165) is 5.52 Å². The van der Waals surface area contributed by atoms with Crippen molar-refractivity contribution in [1.29, 1.82) is 0 Å². The molecule has 1 heterocycles. The van der Waals surface area contributed by atoms with Crippen LogP contribution in [-0.4, -0.2) is 30.7 Å². The molecule has 1 atom stereocenters. The van der Waals surface area contributed by atoms with Crippen LogP contribution in [0.2, 0.25) is 0 Å². The summed E-state index contributed by atoms with van der Waals surface area (Å²) in [6, 6.07) is 11.5. The fourth-order valence-corrected chi connectivity index (χ4v) is 3.13. The second-order valence-corrected chi connectivity index (χ2v) is 6.36. The molecule has 2 aromatic carbocycles. The van der Waals surface area contributed by atoms with E-state index in [1.54, 1.807) is 29.8 Å². The number of nitrogens with zero attached hydrogens (tertiary/aromatic N) is 1. The van der Waals surface area contributed by atoms with Crippen molar-refractivity contribution in [3.05, 3.63) is 65.6 Å². The van der Waals surface area contributed by atoms with Gasteiger partial charge in [-0.25, -0.2) is 9.18 Å². The number of fused-ring (bicyclic) bond motifs is 1. The van der Waals surface area contributed by atoms with E-state index in [2.05, 4.69) is 5.32 Å². The lowest BCUT2D eigenvalue weighted by atomic mass is 10.1. The van der Waals surface area contributed by atoms with Crippen LogP contribution in [0.25, 0.3) is 10.9 Å². The Morgan fingerprint density at radius 1 is 1.18 bits per heavy atom. The summed E-state index contributed by atoms with van der Waals surface area (Å²) in [6.45, 7) is 1.78. The molecular weight excluding hydrogens is 363 g/mol. The van der Waals surface area contributed by atoms with Crippen LogP contribution < -0.4 is 10.1 Å². The van der Waals surface area contributed by atoms with Gasteiger partial charge in [-0.15, -0.1) is 0 Å². The summed E-state index contributed by atoms with van der Waals surface area (Å²) in [6.07, 6.45) is 1.60. The minimum absolute atomic E-state index is 0.0144. The zero-order chi connectivity index (χ0) is 20.3. The molecule has 6 nitrogen and oxygen atoms in total. The number of para-hydroxylation sites is 1. The van der Waals surface area contributed by atoms with E-state index in [1.807, 2.05) is 18.2 Å². The highest BCUT2D eigenvalue weighted by Crippen LogP contribution is 2.23. The highest BCUT2D eigenvalue weighted by atomic mass is 19.1. The fraction of sp³-hybridized carbons (Fsp3) is 0.238. The van der Waals surface area contributed by atoms with Crippen LogP contribution in [-0.2, 0) is 16.1 Å². The molecule has 146 valence electrons. The first-order valence-electron chi connectivity index (χ1n) is 8.73. The van der Waals surface area contributed by atoms with E-state index in [4.69, 9.17) is 9.47 Å². The first kappa shape index (κ1) is 19.4. The van der Waals surface area contributed by atoms with Crippen LogP contribution in [0.5, 0.6) is 5.75 Å². The maximum atomic E-state index is 13.9. The third kappa shape index (κ3) is 3.83. The minimum Gasteiger partial charge on any atom is -0.494 e. The Kier molecular flexibility index (Phi) is 5.63. The van der Waals surface area contributed by atoms with Crippen LogP contribution in [0.15, 0.2) is 48.7 Å². The average Bonchev–Trinajstić information content (AvgIpc) is 3.05. The number of ether oxygens (including phenoxy) is 2. The van der Waals surface area contributed by atoms with Gasteiger partial charge in [-0.2, -0.15) is 0 Å². The lowest BCUT2D eigenvalue weighted by Gasteiger charge is -2.16. The van der Waals surface area contributed by atoms with Gasteiger partial charge < -0.3 is 19.4 Å². The van der Waals surface area contributed by atoms with Crippen LogP contribution in [0.4, 0.5) is 4.39 Å². The first-order chi connectivity index (χ1) is 13.4. The second kappa shape index (κ2) is 8.12. The molecule has 3 rings (SSSR count). The minimum atomic E-state index is -0.486. The number of carbonyl (C=O) groups excluding carboxylic acids is 2. The van der Waals surface area contributed by atoms with Gasteiger partial charge in [-0.3, -0.25) is 4.79 Å². The summed E-state index contributed by atoms with van der Waals surface area (Å²) in [5, 5.41) is 3.56. The molecule has 1 aromatic heterocycles. The van der Waals surface area contributed by atoms with Gasteiger partial charge >= 0.3 is 5.97 Å². The molecular formula is C21H21FN2O4. The Balaban J connectivity index is 1.78. The molecule has 0 spiro atoms. The molecule has 0 saturated carbocycles. The highest BCUT2D eigenvalue weighted by molar-refractivity contribution is 6.04. The average molecular weight is 384 g/mol. The predicted octanol–water partition coefficient (Wildman–Crippen LogP) is 3.45. The number of methoxy groups -OCH3 is 2. The van der Waals surface area contributed by atoms with Crippen molar-refractivity contribution in [3.63, 3.8) is 0 Å².